The van der Waals surface area contributed by atoms with E-state index in [2.05, 4.69) is 26.6 Å². The molecule has 0 saturated carbocycles. The first-order valence-electron chi connectivity index (χ1n) is 15.3. The molecule has 12 heteroatoms. The second-order valence-corrected chi connectivity index (χ2v) is 12.8. The van der Waals surface area contributed by atoms with Gasteiger partial charge in [-0.15, -0.1) is 0 Å². The summed E-state index contributed by atoms with van der Waals surface area (Å²) in [6, 6.07) is 1.94. The van der Waals surface area contributed by atoms with Gasteiger partial charge in [0.1, 0.15) is 29.0 Å². The van der Waals surface area contributed by atoms with Gasteiger partial charge in [0, 0.05) is 42.2 Å². The van der Waals surface area contributed by atoms with Crippen LogP contribution in [0.1, 0.15) is 51.0 Å². The fraction of sp³-hybridized carbons (Fsp3) is 0.500. The van der Waals surface area contributed by atoms with Gasteiger partial charge in [0.05, 0.1) is 31.0 Å². The zero-order valence-electron chi connectivity index (χ0n) is 25.4. The summed E-state index contributed by atoms with van der Waals surface area (Å²) in [6.45, 7) is 13.0. The molecule has 1 atom stereocenters. The van der Waals surface area contributed by atoms with Crippen LogP contribution in [0.3, 0.4) is 0 Å². The van der Waals surface area contributed by atoms with Gasteiger partial charge >= 0.3 is 6.01 Å². The molecule has 0 amide bonds. The summed E-state index contributed by atoms with van der Waals surface area (Å²) in [7, 11) is 1.53. The van der Waals surface area contributed by atoms with Crippen LogP contribution in [0.4, 0.5) is 10.2 Å². The first-order chi connectivity index (χ1) is 21.3. The average molecular weight is 622 g/mol. The predicted octanol–water partition coefficient (Wildman–Crippen LogP) is 5.89. The molecule has 3 aromatic heterocycles. The second-order valence-electron chi connectivity index (χ2n) is 12.4. The van der Waals surface area contributed by atoms with E-state index in [0.29, 0.717) is 65.6 Å². The van der Waals surface area contributed by atoms with Gasteiger partial charge in [0.15, 0.2) is 5.82 Å². The summed E-state index contributed by atoms with van der Waals surface area (Å²) in [5.41, 5.74) is 3.26. The van der Waals surface area contributed by atoms with Crippen molar-refractivity contribution in [2.24, 2.45) is 0 Å². The first kappa shape index (κ1) is 29.2. The molecular weight excluding hydrogens is 585 g/mol. The largest absolute Gasteiger partial charge is 0.480 e. The molecular formula is C32H37ClFN7O3. The molecule has 4 aromatic rings. The highest BCUT2D eigenvalue weighted by Crippen LogP contribution is 2.45. The van der Waals surface area contributed by atoms with Crippen LogP contribution in [-0.4, -0.2) is 88.7 Å². The molecule has 0 bridgehead atoms. The van der Waals surface area contributed by atoms with Crippen molar-refractivity contribution in [3.05, 3.63) is 40.8 Å². The first-order valence-corrected chi connectivity index (χ1v) is 15.7. The van der Waals surface area contributed by atoms with Crippen molar-refractivity contribution in [1.29, 1.82) is 0 Å². The SMILES string of the molecule is C=C1CN2CCCC2(COc2nc(N3CCCOCC3)c3c(OC)nc(-c4c(C(C)C)c(Cl)cc5[nH]ncc45)c(F)c3n2)C1. The Hall–Kier alpha value is -3.54. The van der Waals surface area contributed by atoms with Gasteiger partial charge in [0.2, 0.25) is 5.88 Å². The summed E-state index contributed by atoms with van der Waals surface area (Å²) in [5.74, 6) is 0.126. The molecule has 44 heavy (non-hydrogen) atoms. The lowest BCUT2D eigenvalue weighted by Gasteiger charge is -2.31. The Morgan fingerprint density at radius 1 is 1.18 bits per heavy atom. The number of hydrogen-bond acceptors (Lipinski definition) is 9. The van der Waals surface area contributed by atoms with Crippen LogP contribution in [0.15, 0.2) is 24.4 Å². The van der Waals surface area contributed by atoms with Crippen molar-refractivity contribution in [2.45, 2.75) is 51.0 Å². The highest BCUT2D eigenvalue weighted by molar-refractivity contribution is 6.33. The molecule has 1 N–H and O–H groups in total. The normalized spacial score (nSPS) is 21.0. The van der Waals surface area contributed by atoms with E-state index in [4.69, 9.17) is 40.8 Å². The molecule has 1 unspecified atom stereocenters. The predicted molar refractivity (Wildman–Crippen MR) is 168 cm³/mol. The third kappa shape index (κ3) is 4.85. The van der Waals surface area contributed by atoms with Crippen molar-refractivity contribution < 1.29 is 18.6 Å². The molecule has 7 rings (SSSR count). The number of nitrogens with one attached hydrogen (secondary N) is 1. The van der Waals surface area contributed by atoms with E-state index in [0.717, 1.165) is 44.3 Å². The minimum absolute atomic E-state index is 0.0218. The lowest BCUT2D eigenvalue weighted by Crippen LogP contribution is -2.43. The number of aromatic amines is 1. The van der Waals surface area contributed by atoms with Crippen LogP contribution < -0.4 is 14.4 Å². The van der Waals surface area contributed by atoms with E-state index in [1.165, 1.54) is 12.7 Å². The number of H-pyrrole nitrogens is 1. The molecule has 1 aromatic carbocycles. The van der Waals surface area contributed by atoms with Crippen LogP contribution in [0.5, 0.6) is 11.9 Å². The number of rotatable bonds is 7. The number of nitrogens with zero attached hydrogens (tertiary/aromatic N) is 6. The van der Waals surface area contributed by atoms with Crippen molar-refractivity contribution in [1.82, 2.24) is 30.0 Å². The van der Waals surface area contributed by atoms with E-state index in [9.17, 15) is 0 Å². The maximum atomic E-state index is 17.1. The fourth-order valence-electron chi connectivity index (χ4n) is 7.21. The Morgan fingerprint density at radius 3 is 2.86 bits per heavy atom. The van der Waals surface area contributed by atoms with E-state index in [1.54, 1.807) is 6.20 Å². The zero-order chi connectivity index (χ0) is 30.6. The van der Waals surface area contributed by atoms with Crippen molar-refractivity contribution in [3.8, 4) is 23.1 Å². The molecule has 0 aliphatic carbocycles. The summed E-state index contributed by atoms with van der Waals surface area (Å²) >= 11 is 6.78. The second kappa shape index (κ2) is 11.4. The van der Waals surface area contributed by atoms with E-state index >= 15 is 4.39 Å². The number of halogens is 2. The maximum absolute atomic E-state index is 17.1. The third-order valence-electron chi connectivity index (χ3n) is 9.18. The molecule has 3 aliphatic rings. The van der Waals surface area contributed by atoms with E-state index in [-0.39, 0.29) is 34.6 Å². The summed E-state index contributed by atoms with van der Waals surface area (Å²) in [5, 5.41) is 8.79. The molecule has 0 spiro atoms. The van der Waals surface area contributed by atoms with E-state index in [1.807, 2.05) is 19.9 Å². The standard InChI is InChI=1S/C32H37ClFN7O3/c1-18(2)23-21(33)13-22-20(15-35-39-22)24(23)27-26(34)28-25(30(36-27)42-4)29(40-8-6-11-43-12-10-40)38-31(37-28)44-17-32-7-5-9-41(32)16-19(3)14-32/h13,15,18H,3,5-12,14,16-17H2,1-2,4H3,(H,35,39). The van der Waals surface area contributed by atoms with Crippen LogP contribution in [0, 0.1) is 5.82 Å². The van der Waals surface area contributed by atoms with Gasteiger partial charge in [-0.05, 0) is 49.8 Å². The van der Waals surface area contributed by atoms with Crippen molar-refractivity contribution in [3.63, 3.8) is 0 Å². The Bertz CT molecular complexity index is 1750. The number of benzene rings is 1. The number of fused-ring (bicyclic) bond motifs is 3. The summed E-state index contributed by atoms with van der Waals surface area (Å²) in [6.07, 6.45) is 5.47. The Kier molecular flexibility index (Phi) is 7.58. The van der Waals surface area contributed by atoms with Gasteiger partial charge in [-0.3, -0.25) is 10.00 Å². The third-order valence-corrected chi connectivity index (χ3v) is 9.49. The van der Waals surface area contributed by atoms with E-state index < -0.39 is 5.82 Å². The van der Waals surface area contributed by atoms with Gasteiger partial charge < -0.3 is 19.1 Å². The molecule has 3 aliphatic heterocycles. The summed E-state index contributed by atoms with van der Waals surface area (Å²) in [4.78, 5) is 18.9. The van der Waals surface area contributed by atoms with Crippen molar-refractivity contribution >= 4 is 39.2 Å². The number of methoxy groups -OCH3 is 1. The molecule has 3 fully saturated rings. The van der Waals surface area contributed by atoms with Crippen LogP contribution >= 0.6 is 11.6 Å². The van der Waals surface area contributed by atoms with Crippen LogP contribution in [0.25, 0.3) is 33.1 Å². The molecule has 6 heterocycles. The smallest absolute Gasteiger partial charge is 0.319 e. The fourth-order valence-corrected chi connectivity index (χ4v) is 7.63. The summed E-state index contributed by atoms with van der Waals surface area (Å²) < 4.78 is 35.1. The highest BCUT2D eigenvalue weighted by Gasteiger charge is 2.46. The molecule has 10 nitrogen and oxygen atoms in total. The molecule has 232 valence electrons. The van der Waals surface area contributed by atoms with Gasteiger partial charge in [-0.2, -0.15) is 15.1 Å². The number of anilines is 1. The minimum atomic E-state index is -0.595. The Morgan fingerprint density at radius 2 is 2.05 bits per heavy atom. The quantitative estimate of drug-likeness (QED) is 0.253. The Labute approximate surface area is 260 Å². The van der Waals surface area contributed by atoms with Gasteiger partial charge in [0.25, 0.3) is 0 Å². The lowest BCUT2D eigenvalue weighted by atomic mass is 9.91. The maximum Gasteiger partial charge on any atom is 0.319 e. The zero-order valence-corrected chi connectivity index (χ0v) is 26.1. The number of ether oxygens (including phenoxy) is 3. The Balaban J connectivity index is 1.43. The van der Waals surface area contributed by atoms with Crippen molar-refractivity contribution in [2.75, 3.05) is 58.0 Å². The lowest BCUT2D eigenvalue weighted by molar-refractivity contribution is 0.108. The molecule has 3 saturated heterocycles. The monoisotopic (exact) mass is 621 g/mol. The van der Waals surface area contributed by atoms with Crippen LogP contribution in [-0.2, 0) is 4.74 Å². The van der Waals surface area contributed by atoms with Gasteiger partial charge in [-0.25, -0.2) is 9.37 Å². The molecule has 0 radical (unpaired) electrons. The highest BCUT2D eigenvalue weighted by atomic mass is 35.5. The van der Waals surface area contributed by atoms with Crippen LogP contribution in [0.2, 0.25) is 5.02 Å². The number of pyridine rings is 1. The number of hydrogen-bond donors (Lipinski definition) is 1. The van der Waals surface area contributed by atoms with Gasteiger partial charge in [-0.1, -0.05) is 37.6 Å². The topological polar surface area (TPSA) is 102 Å². The average Bonchev–Trinajstić information content (AvgIpc) is 3.62. The minimum Gasteiger partial charge on any atom is -0.480 e. The number of aromatic nitrogens is 5.